The average molecular weight is 741 g/mol. The maximum Gasteiger partial charge on any atom is 0.239 e. The number of hydrogen-bond acceptors (Lipinski definition) is 19. The fourth-order valence-corrected chi connectivity index (χ4v) is 6.20. The van der Waals surface area contributed by atoms with Crippen molar-refractivity contribution < 1.29 is 89.0 Å². The van der Waals surface area contributed by atoms with Crippen molar-refractivity contribution in [1.29, 1.82) is 0 Å². The van der Waals surface area contributed by atoms with Crippen LogP contribution in [0.2, 0.25) is 0 Å². The number of phenolic OH excluding ortho intramolecular Hbond substituents is 3. The van der Waals surface area contributed by atoms with Crippen LogP contribution in [0.4, 0.5) is 0 Å². The van der Waals surface area contributed by atoms with Crippen LogP contribution in [0.1, 0.15) is 13.8 Å². The molecule has 1 aromatic heterocycles. The van der Waals surface area contributed by atoms with Gasteiger partial charge in [-0.1, -0.05) is 0 Å². The van der Waals surface area contributed by atoms with Gasteiger partial charge in [-0.25, -0.2) is 0 Å². The molecule has 6 rings (SSSR count). The lowest BCUT2D eigenvalue weighted by atomic mass is 9.97. The van der Waals surface area contributed by atoms with Crippen molar-refractivity contribution in [3.05, 3.63) is 46.6 Å². The highest BCUT2D eigenvalue weighted by atomic mass is 16.8. The minimum Gasteiger partial charge on any atom is -0.508 e. The van der Waals surface area contributed by atoms with Crippen molar-refractivity contribution in [2.75, 3.05) is 6.61 Å². The van der Waals surface area contributed by atoms with Gasteiger partial charge in [0.1, 0.15) is 89.3 Å². The highest BCUT2D eigenvalue weighted by molar-refractivity contribution is 5.88. The molecule has 286 valence electrons. The van der Waals surface area contributed by atoms with E-state index in [1.807, 2.05) is 0 Å². The zero-order valence-electron chi connectivity index (χ0n) is 27.5. The first-order valence-corrected chi connectivity index (χ1v) is 16.2. The second-order valence-electron chi connectivity index (χ2n) is 12.9. The lowest BCUT2D eigenvalue weighted by Gasteiger charge is -2.46. The monoisotopic (exact) mass is 740 g/mol. The fraction of sp³-hybridized carbons (Fsp3) is 0.545. The molecule has 0 bridgehead atoms. The lowest BCUT2D eigenvalue weighted by Crippen LogP contribution is -2.64. The summed E-state index contributed by atoms with van der Waals surface area (Å²) in [4.78, 5) is 13.7. The van der Waals surface area contributed by atoms with Crippen LogP contribution in [0.5, 0.6) is 23.0 Å². The molecule has 11 N–H and O–H groups in total. The molecule has 3 aliphatic rings. The second kappa shape index (κ2) is 15.0. The van der Waals surface area contributed by atoms with Crippen LogP contribution in [0.25, 0.3) is 22.3 Å². The van der Waals surface area contributed by atoms with Gasteiger partial charge < -0.3 is 89.0 Å². The third-order valence-electron chi connectivity index (χ3n) is 9.26. The summed E-state index contributed by atoms with van der Waals surface area (Å²) < 4.78 is 40.0. The maximum atomic E-state index is 13.7. The number of benzene rings is 2. The number of aliphatic hydroxyl groups excluding tert-OH is 8. The normalized spacial score (nSPS) is 38.3. The van der Waals surface area contributed by atoms with Crippen molar-refractivity contribution in [2.24, 2.45) is 0 Å². The van der Waals surface area contributed by atoms with Gasteiger partial charge in [0, 0.05) is 17.7 Å². The molecule has 4 heterocycles. The highest BCUT2D eigenvalue weighted by Gasteiger charge is 2.51. The molecule has 0 unspecified atom stereocenters. The van der Waals surface area contributed by atoms with Gasteiger partial charge in [-0.05, 0) is 38.1 Å². The van der Waals surface area contributed by atoms with Crippen LogP contribution < -0.4 is 10.2 Å². The third-order valence-corrected chi connectivity index (χ3v) is 9.26. The summed E-state index contributed by atoms with van der Waals surface area (Å²) in [7, 11) is 0. The number of fused-ring (bicyclic) bond motifs is 1. The Labute approximate surface area is 293 Å². The SMILES string of the molecule is C[C@@H]1O[C@@H](O[C@@H]2[C@H](OC[C@H]3O[C@@H](Oc4c(-c5ccc(O)cc5)oc5cc(O)cc(O)c5c4=O)[C@H](O)[C@@H](O)[C@@H]3O)O[C@@H](C)[C@H](O)[C@@H]2O)[C@H](O)[C@@H](O)[C@H]1O. The largest absolute Gasteiger partial charge is 0.508 e. The molecule has 3 aliphatic heterocycles. The quantitative estimate of drug-likeness (QED) is 0.113. The molecule has 3 fully saturated rings. The molecule has 15 atom stereocenters. The zero-order valence-corrected chi connectivity index (χ0v) is 27.5. The number of aliphatic hydroxyl groups is 8. The molecule has 0 spiro atoms. The predicted molar refractivity (Wildman–Crippen MR) is 170 cm³/mol. The minimum atomic E-state index is -1.99. The Hall–Kier alpha value is -3.67. The number of aromatic hydroxyl groups is 3. The van der Waals surface area contributed by atoms with Crippen LogP contribution in [0.15, 0.2) is 45.6 Å². The van der Waals surface area contributed by atoms with Gasteiger partial charge in [0.2, 0.25) is 17.5 Å². The molecule has 0 radical (unpaired) electrons. The average Bonchev–Trinajstić information content (AvgIpc) is 3.10. The highest BCUT2D eigenvalue weighted by Crippen LogP contribution is 2.38. The Kier molecular flexibility index (Phi) is 11.0. The standard InChI is InChI=1S/C33H40O19/c1-10-19(37)23(41)26(44)31(47-10)52-30-25(43)20(38)11(2)48-33(30)46-9-17-21(39)24(42)27(45)32(50-17)51-29-22(40)18-15(36)7-14(35)8-16(18)49-28(29)12-3-5-13(34)6-4-12/h3-8,10-11,17,19-21,23-27,30-39,41-45H,9H2,1-2H3/t10-,11-,17+,19-,20-,21+,23-,24-,25-,26+,27+,30-,31-,32-,33+/m0/s1. The van der Waals surface area contributed by atoms with Crippen LogP contribution in [-0.4, -0.2) is 155 Å². The third kappa shape index (κ3) is 7.16. The molecule has 0 saturated carbocycles. The van der Waals surface area contributed by atoms with E-state index in [4.69, 9.17) is 32.8 Å². The van der Waals surface area contributed by atoms with E-state index < -0.39 is 127 Å². The zero-order chi connectivity index (χ0) is 37.8. The van der Waals surface area contributed by atoms with Gasteiger partial charge in [0.25, 0.3) is 0 Å². The topological polar surface area (TPSA) is 308 Å². The van der Waals surface area contributed by atoms with E-state index in [1.165, 1.54) is 38.1 Å². The van der Waals surface area contributed by atoms with E-state index in [-0.39, 0.29) is 22.7 Å². The number of ether oxygens (including phenoxy) is 6. The Morgan fingerprint density at radius 1 is 0.654 bits per heavy atom. The molecule has 0 aliphatic carbocycles. The lowest BCUT2D eigenvalue weighted by molar-refractivity contribution is -0.367. The van der Waals surface area contributed by atoms with Gasteiger partial charge in [-0.2, -0.15) is 0 Å². The molecule has 3 saturated heterocycles. The molecule has 3 aromatic rings. The van der Waals surface area contributed by atoms with Crippen molar-refractivity contribution >= 4 is 11.0 Å². The molecule has 52 heavy (non-hydrogen) atoms. The second-order valence-corrected chi connectivity index (χ2v) is 12.9. The summed E-state index contributed by atoms with van der Waals surface area (Å²) >= 11 is 0. The summed E-state index contributed by atoms with van der Waals surface area (Å²) in [5, 5.41) is 114. The van der Waals surface area contributed by atoms with Gasteiger partial charge in [0.05, 0.1) is 18.8 Å². The molecule has 19 nitrogen and oxygen atoms in total. The van der Waals surface area contributed by atoms with Crippen LogP contribution in [0, 0.1) is 0 Å². The van der Waals surface area contributed by atoms with Gasteiger partial charge >= 0.3 is 0 Å². The predicted octanol–water partition coefficient (Wildman–Crippen LogP) is -2.54. The van der Waals surface area contributed by atoms with Gasteiger partial charge in [-0.15, -0.1) is 0 Å². The molecular formula is C33H40O19. The van der Waals surface area contributed by atoms with Crippen LogP contribution in [-0.2, 0) is 23.7 Å². The summed E-state index contributed by atoms with van der Waals surface area (Å²) in [5.41, 5.74) is -1.07. The number of phenols is 3. The first-order chi connectivity index (χ1) is 24.6. The molecule has 0 amide bonds. The molecule has 19 heteroatoms. The van der Waals surface area contributed by atoms with Gasteiger partial charge in [0.15, 0.2) is 18.3 Å². The Balaban J connectivity index is 1.26. The van der Waals surface area contributed by atoms with Crippen molar-refractivity contribution in [3.8, 4) is 34.3 Å². The van der Waals surface area contributed by atoms with Crippen LogP contribution >= 0.6 is 0 Å². The van der Waals surface area contributed by atoms with Crippen molar-refractivity contribution in [2.45, 2.75) is 106 Å². The first kappa shape index (κ1) is 38.1. The Bertz CT molecular complexity index is 1770. The smallest absolute Gasteiger partial charge is 0.239 e. The Morgan fingerprint density at radius 2 is 1.25 bits per heavy atom. The summed E-state index contributed by atoms with van der Waals surface area (Å²) in [6, 6.07) is 7.22. The van der Waals surface area contributed by atoms with E-state index in [0.29, 0.717) is 0 Å². The van der Waals surface area contributed by atoms with E-state index >= 15 is 0 Å². The maximum absolute atomic E-state index is 13.7. The van der Waals surface area contributed by atoms with E-state index in [1.54, 1.807) is 0 Å². The first-order valence-electron chi connectivity index (χ1n) is 16.2. The van der Waals surface area contributed by atoms with Crippen molar-refractivity contribution in [3.63, 3.8) is 0 Å². The molecule has 2 aromatic carbocycles. The van der Waals surface area contributed by atoms with E-state index in [0.717, 1.165) is 12.1 Å². The fourth-order valence-electron chi connectivity index (χ4n) is 6.20. The van der Waals surface area contributed by atoms with Crippen molar-refractivity contribution in [1.82, 2.24) is 0 Å². The summed E-state index contributed by atoms with van der Waals surface area (Å²) in [6.45, 7) is 2.14. The molecular weight excluding hydrogens is 700 g/mol. The Morgan fingerprint density at radius 3 is 1.92 bits per heavy atom. The summed E-state index contributed by atoms with van der Waals surface area (Å²) in [6.07, 6.45) is -24.3. The van der Waals surface area contributed by atoms with E-state index in [9.17, 15) is 61.0 Å². The number of rotatable bonds is 8. The van der Waals surface area contributed by atoms with Gasteiger partial charge in [-0.3, -0.25) is 4.79 Å². The summed E-state index contributed by atoms with van der Waals surface area (Å²) in [5.74, 6) is -2.15. The van der Waals surface area contributed by atoms with E-state index in [2.05, 4.69) is 0 Å². The van der Waals surface area contributed by atoms with Crippen LogP contribution in [0.3, 0.4) is 0 Å². The minimum absolute atomic E-state index is 0.130. The number of hydrogen-bond donors (Lipinski definition) is 11.